The summed E-state index contributed by atoms with van der Waals surface area (Å²) in [5, 5.41) is 2.64. The quantitative estimate of drug-likeness (QED) is 0.892. The van der Waals surface area contributed by atoms with Crippen molar-refractivity contribution in [2.45, 2.75) is 25.6 Å². The number of hydrogen-bond acceptors (Lipinski definition) is 4. The topological polar surface area (TPSA) is 42.1 Å². The van der Waals surface area contributed by atoms with E-state index in [0.717, 1.165) is 10.8 Å². The average Bonchev–Trinajstić information content (AvgIpc) is 2.76. The normalized spacial score (nSPS) is 18.7. The first-order valence-electron chi connectivity index (χ1n) is 5.47. The molecule has 0 bridgehead atoms. The van der Waals surface area contributed by atoms with Crippen molar-refractivity contribution < 1.29 is 13.2 Å². The lowest BCUT2D eigenvalue weighted by Crippen LogP contribution is -2.38. The maximum atomic E-state index is 12.5. The minimum atomic E-state index is -4.06. The summed E-state index contributed by atoms with van der Waals surface area (Å²) in [5.74, 6) is -1.16. The molecule has 2 N–H and O–H groups in total. The molecule has 0 aromatic carbocycles. The van der Waals surface area contributed by atoms with E-state index < -0.39 is 12.1 Å². The molecule has 1 fully saturated rings. The van der Waals surface area contributed by atoms with Crippen LogP contribution in [-0.4, -0.2) is 24.2 Å². The van der Waals surface area contributed by atoms with Crippen LogP contribution in [0.4, 0.5) is 18.3 Å². The van der Waals surface area contributed by atoms with Gasteiger partial charge in [0.05, 0.1) is 11.6 Å². The SMILES string of the molecule is NCc1csc(N2CCC(C(F)(F)F)CC2)n1. The highest BCUT2D eigenvalue weighted by atomic mass is 32.1. The third-order valence-corrected chi connectivity index (χ3v) is 3.93. The molecular weight excluding hydrogens is 251 g/mol. The van der Waals surface area contributed by atoms with Crippen LogP contribution in [0.1, 0.15) is 18.5 Å². The maximum Gasteiger partial charge on any atom is 0.391 e. The number of aromatic nitrogens is 1. The highest BCUT2D eigenvalue weighted by molar-refractivity contribution is 7.13. The highest BCUT2D eigenvalue weighted by Gasteiger charge is 2.41. The van der Waals surface area contributed by atoms with E-state index in [1.165, 1.54) is 11.3 Å². The zero-order chi connectivity index (χ0) is 12.5. The molecule has 1 aromatic rings. The van der Waals surface area contributed by atoms with E-state index >= 15 is 0 Å². The summed E-state index contributed by atoms with van der Waals surface area (Å²) in [7, 11) is 0. The Morgan fingerprint density at radius 1 is 1.41 bits per heavy atom. The Morgan fingerprint density at radius 2 is 2.06 bits per heavy atom. The van der Waals surface area contributed by atoms with E-state index in [1.54, 1.807) is 0 Å². The van der Waals surface area contributed by atoms with Crippen LogP contribution in [0.3, 0.4) is 0 Å². The van der Waals surface area contributed by atoms with Crippen molar-refractivity contribution in [2.75, 3.05) is 18.0 Å². The molecule has 2 rings (SSSR count). The van der Waals surface area contributed by atoms with Gasteiger partial charge < -0.3 is 10.6 Å². The molecule has 2 heterocycles. The Kier molecular flexibility index (Phi) is 3.58. The molecule has 1 aliphatic rings. The number of nitrogens with zero attached hydrogens (tertiary/aromatic N) is 2. The smallest absolute Gasteiger partial charge is 0.348 e. The van der Waals surface area contributed by atoms with Gasteiger partial charge in [-0.1, -0.05) is 0 Å². The summed E-state index contributed by atoms with van der Waals surface area (Å²) in [5.41, 5.74) is 6.24. The summed E-state index contributed by atoms with van der Waals surface area (Å²) in [6.07, 6.45) is -3.75. The number of anilines is 1. The van der Waals surface area contributed by atoms with Crippen molar-refractivity contribution >= 4 is 16.5 Å². The van der Waals surface area contributed by atoms with Gasteiger partial charge in [-0.25, -0.2) is 4.98 Å². The van der Waals surface area contributed by atoms with Crippen molar-refractivity contribution in [1.82, 2.24) is 4.98 Å². The van der Waals surface area contributed by atoms with Gasteiger partial charge in [-0.2, -0.15) is 13.2 Å². The maximum absolute atomic E-state index is 12.5. The summed E-state index contributed by atoms with van der Waals surface area (Å²) < 4.78 is 37.4. The van der Waals surface area contributed by atoms with Crippen LogP contribution in [0.15, 0.2) is 5.38 Å². The Morgan fingerprint density at radius 3 is 2.53 bits per heavy atom. The third-order valence-electron chi connectivity index (χ3n) is 2.98. The van der Waals surface area contributed by atoms with Crippen LogP contribution in [0.5, 0.6) is 0 Å². The van der Waals surface area contributed by atoms with Crippen LogP contribution in [0.25, 0.3) is 0 Å². The molecule has 0 amide bonds. The number of alkyl halides is 3. The molecule has 1 aromatic heterocycles. The summed E-state index contributed by atoms with van der Waals surface area (Å²) >= 11 is 1.44. The molecule has 7 heteroatoms. The Hall–Kier alpha value is -0.820. The van der Waals surface area contributed by atoms with Gasteiger partial charge in [0.2, 0.25) is 0 Å². The average molecular weight is 265 g/mol. The molecule has 0 spiro atoms. The molecule has 0 radical (unpaired) electrons. The van der Waals surface area contributed by atoms with Gasteiger partial charge in [0, 0.05) is 25.0 Å². The Balaban J connectivity index is 1.95. The van der Waals surface area contributed by atoms with Crippen LogP contribution in [0, 0.1) is 5.92 Å². The van der Waals surface area contributed by atoms with Gasteiger partial charge in [-0.15, -0.1) is 11.3 Å². The van der Waals surface area contributed by atoms with Crippen molar-refractivity contribution in [3.05, 3.63) is 11.1 Å². The largest absolute Gasteiger partial charge is 0.391 e. The number of halogens is 3. The van der Waals surface area contributed by atoms with Crippen molar-refractivity contribution in [1.29, 1.82) is 0 Å². The highest BCUT2D eigenvalue weighted by Crippen LogP contribution is 2.35. The first kappa shape index (κ1) is 12.6. The summed E-state index contributed by atoms with van der Waals surface area (Å²) in [4.78, 5) is 6.19. The standard InChI is InChI=1S/C10H14F3N3S/c11-10(12,13)7-1-3-16(4-2-7)9-15-8(5-14)6-17-9/h6-7H,1-5,14H2. The number of nitrogens with two attached hydrogens (primary N) is 1. The molecule has 0 saturated carbocycles. The molecule has 1 saturated heterocycles. The number of piperidine rings is 1. The Labute approximate surface area is 101 Å². The molecule has 1 aliphatic heterocycles. The van der Waals surface area contributed by atoms with Crippen LogP contribution < -0.4 is 10.6 Å². The number of thiazole rings is 1. The lowest BCUT2D eigenvalue weighted by Gasteiger charge is -2.32. The molecule has 3 nitrogen and oxygen atoms in total. The van der Waals surface area contributed by atoms with Crippen LogP contribution in [0.2, 0.25) is 0 Å². The van der Waals surface area contributed by atoms with E-state index in [-0.39, 0.29) is 12.8 Å². The monoisotopic (exact) mass is 265 g/mol. The van der Waals surface area contributed by atoms with E-state index in [1.807, 2.05) is 10.3 Å². The second-order valence-corrected chi connectivity index (χ2v) is 4.97. The number of hydrogen-bond donors (Lipinski definition) is 1. The molecule has 0 unspecified atom stereocenters. The second-order valence-electron chi connectivity index (χ2n) is 4.13. The fourth-order valence-corrected chi connectivity index (χ4v) is 2.83. The number of rotatable bonds is 2. The van der Waals surface area contributed by atoms with Crippen molar-refractivity contribution in [3.8, 4) is 0 Å². The lowest BCUT2D eigenvalue weighted by molar-refractivity contribution is -0.179. The van der Waals surface area contributed by atoms with E-state index in [0.29, 0.717) is 19.6 Å². The second kappa shape index (κ2) is 4.81. The van der Waals surface area contributed by atoms with E-state index in [9.17, 15) is 13.2 Å². The first-order valence-corrected chi connectivity index (χ1v) is 6.35. The van der Waals surface area contributed by atoms with Crippen LogP contribution >= 0.6 is 11.3 Å². The summed E-state index contributed by atoms with van der Waals surface area (Å²) in [6.45, 7) is 1.21. The zero-order valence-electron chi connectivity index (χ0n) is 9.20. The van der Waals surface area contributed by atoms with Crippen molar-refractivity contribution in [2.24, 2.45) is 11.7 Å². The fraction of sp³-hybridized carbons (Fsp3) is 0.700. The Bertz CT molecular complexity index is 369. The molecule has 0 atom stereocenters. The molecular formula is C10H14F3N3S. The van der Waals surface area contributed by atoms with Crippen LogP contribution in [-0.2, 0) is 6.54 Å². The van der Waals surface area contributed by atoms with Gasteiger partial charge in [-0.05, 0) is 12.8 Å². The summed E-state index contributed by atoms with van der Waals surface area (Å²) in [6, 6.07) is 0. The lowest BCUT2D eigenvalue weighted by atomic mass is 9.97. The van der Waals surface area contributed by atoms with Crippen molar-refractivity contribution in [3.63, 3.8) is 0 Å². The minimum Gasteiger partial charge on any atom is -0.348 e. The third kappa shape index (κ3) is 2.90. The van der Waals surface area contributed by atoms with Gasteiger partial charge in [0.15, 0.2) is 5.13 Å². The van der Waals surface area contributed by atoms with Gasteiger partial charge in [0.25, 0.3) is 0 Å². The van der Waals surface area contributed by atoms with E-state index in [4.69, 9.17) is 5.73 Å². The van der Waals surface area contributed by atoms with E-state index in [2.05, 4.69) is 4.98 Å². The molecule has 96 valence electrons. The van der Waals surface area contributed by atoms with Gasteiger partial charge >= 0.3 is 6.18 Å². The molecule has 17 heavy (non-hydrogen) atoms. The van der Waals surface area contributed by atoms with Gasteiger partial charge in [-0.3, -0.25) is 0 Å². The predicted molar refractivity (Wildman–Crippen MR) is 61.0 cm³/mol. The zero-order valence-corrected chi connectivity index (χ0v) is 10.0. The molecule has 0 aliphatic carbocycles. The van der Waals surface area contributed by atoms with Gasteiger partial charge in [0.1, 0.15) is 0 Å². The predicted octanol–water partition coefficient (Wildman–Crippen LogP) is 2.38. The minimum absolute atomic E-state index is 0.154. The fourth-order valence-electron chi connectivity index (χ4n) is 1.93. The first-order chi connectivity index (χ1) is 8.00.